The smallest absolute Gasteiger partial charge is 0.339 e. The molecular weight excluding hydrogens is 620 g/mol. The molecule has 1 heterocycles. The van der Waals surface area contributed by atoms with Crippen molar-refractivity contribution in [2.24, 2.45) is 12.1 Å². The maximum Gasteiger partial charge on any atom is 0.339 e. The van der Waals surface area contributed by atoms with Crippen LogP contribution in [0.5, 0.6) is 5.75 Å². The van der Waals surface area contributed by atoms with Crippen molar-refractivity contribution in [1.82, 2.24) is 14.6 Å². The van der Waals surface area contributed by atoms with Crippen molar-refractivity contribution < 1.29 is 23.1 Å². The zero-order chi connectivity index (χ0) is 31.8. The van der Waals surface area contributed by atoms with E-state index in [0.29, 0.717) is 22.2 Å². The van der Waals surface area contributed by atoms with Crippen LogP contribution >= 0.6 is 22.9 Å². The number of halogens is 1. The number of rotatable bonds is 21. The van der Waals surface area contributed by atoms with Crippen LogP contribution in [0.25, 0.3) is 10.6 Å². The standard InChI is InChI=1S/C32H45ClN4O5S2/c1-3-4-5-6-7-8-9-10-11-12-13-14-15-18-23-42-29-22-21-25(24-27(29)31(38)39)44(40,41)36-34-32-37(2)35-30(43-32)26-19-16-17-20-28(26)33/h16-17,19-22,24,36H,3-15,18,23H2,1-2H3,(H,38,39)/b34-32+. The first kappa shape index (κ1) is 35.6. The minimum Gasteiger partial charge on any atom is -0.493 e. The Morgan fingerprint density at radius 2 is 1.55 bits per heavy atom. The van der Waals surface area contributed by atoms with Gasteiger partial charge in [-0.1, -0.05) is 132 Å². The number of aromatic carboxylic acids is 1. The molecule has 0 fully saturated rings. The number of aromatic nitrogens is 2. The Bertz CT molecular complexity index is 1500. The number of nitrogens with one attached hydrogen (secondary N) is 1. The van der Waals surface area contributed by atoms with E-state index in [0.717, 1.165) is 36.7 Å². The topological polar surface area (TPSA) is 123 Å². The van der Waals surface area contributed by atoms with Crippen molar-refractivity contribution in [3.63, 3.8) is 0 Å². The first-order chi connectivity index (χ1) is 21.2. The van der Waals surface area contributed by atoms with Crippen molar-refractivity contribution in [1.29, 1.82) is 0 Å². The molecule has 0 saturated carbocycles. The highest BCUT2D eigenvalue weighted by Crippen LogP contribution is 2.27. The lowest BCUT2D eigenvalue weighted by Crippen LogP contribution is -2.24. The molecule has 0 aliphatic heterocycles. The van der Waals surface area contributed by atoms with E-state index in [2.05, 4.69) is 22.0 Å². The van der Waals surface area contributed by atoms with Crippen LogP contribution in [0, 0.1) is 0 Å². The molecule has 0 amide bonds. The number of aryl methyl sites for hydroxylation is 1. The van der Waals surface area contributed by atoms with Gasteiger partial charge in [-0.3, -0.25) is 0 Å². The molecule has 44 heavy (non-hydrogen) atoms. The van der Waals surface area contributed by atoms with Crippen LogP contribution in [0.4, 0.5) is 0 Å². The highest BCUT2D eigenvalue weighted by Gasteiger charge is 2.20. The number of ether oxygens (including phenoxy) is 1. The zero-order valence-corrected chi connectivity index (χ0v) is 28.2. The van der Waals surface area contributed by atoms with Crippen molar-refractivity contribution in [2.75, 3.05) is 6.61 Å². The van der Waals surface area contributed by atoms with E-state index in [1.807, 2.05) is 12.1 Å². The molecule has 9 nitrogen and oxygen atoms in total. The average molecular weight is 665 g/mol. The van der Waals surface area contributed by atoms with Gasteiger partial charge in [0.15, 0.2) is 0 Å². The number of carboxylic acids is 1. The largest absolute Gasteiger partial charge is 0.493 e. The Labute approximate surface area is 270 Å². The summed E-state index contributed by atoms with van der Waals surface area (Å²) >= 11 is 7.41. The van der Waals surface area contributed by atoms with Gasteiger partial charge in [0.05, 0.1) is 16.5 Å². The summed E-state index contributed by atoms with van der Waals surface area (Å²) < 4.78 is 33.1. The predicted octanol–water partition coefficient (Wildman–Crippen LogP) is 8.15. The highest BCUT2D eigenvalue weighted by molar-refractivity contribution is 7.89. The van der Waals surface area contributed by atoms with Gasteiger partial charge >= 0.3 is 5.97 Å². The molecule has 0 spiro atoms. The molecule has 0 atom stereocenters. The van der Waals surface area contributed by atoms with Crippen molar-refractivity contribution in [3.8, 4) is 16.3 Å². The van der Waals surface area contributed by atoms with Gasteiger partial charge in [0.1, 0.15) is 16.3 Å². The van der Waals surface area contributed by atoms with E-state index < -0.39 is 16.0 Å². The zero-order valence-electron chi connectivity index (χ0n) is 25.8. The summed E-state index contributed by atoms with van der Waals surface area (Å²) in [5.41, 5.74) is 0.484. The van der Waals surface area contributed by atoms with Crippen molar-refractivity contribution >= 4 is 38.9 Å². The summed E-state index contributed by atoms with van der Waals surface area (Å²) in [4.78, 5) is 14.1. The summed E-state index contributed by atoms with van der Waals surface area (Å²) in [6, 6.07) is 11.0. The molecule has 3 aromatic rings. The van der Waals surface area contributed by atoms with Gasteiger partial charge in [-0.25, -0.2) is 9.48 Å². The lowest BCUT2D eigenvalue weighted by atomic mass is 10.0. The Morgan fingerprint density at radius 1 is 0.955 bits per heavy atom. The van der Waals surface area contributed by atoms with Gasteiger partial charge in [0, 0.05) is 12.6 Å². The molecule has 12 heteroatoms. The normalized spacial score (nSPS) is 12.0. The van der Waals surface area contributed by atoms with Gasteiger partial charge < -0.3 is 9.84 Å². The van der Waals surface area contributed by atoms with E-state index in [9.17, 15) is 18.3 Å². The molecule has 0 aliphatic rings. The number of nitrogens with zero attached hydrogens (tertiary/aromatic N) is 3. The van der Waals surface area contributed by atoms with Crippen LogP contribution < -0.4 is 14.4 Å². The molecule has 0 aliphatic carbocycles. The molecule has 0 unspecified atom stereocenters. The number of sulfonamides is 1. The van der Waals surface area contributed by atoms with Gasteiger partial charge in [-0.05, 0) is 30.7 Å². The lowest BCUT2D eigenvalue weighted by Gasteiger charge is -2.11. The fourth-order valence-corrected chi connectivity index (χ4v) is 6.85. The third kappa shape index (κ3) is 11.6. The predicted molar refractivity (Wildman–Crippen MR) is 177 cm³/mol. The van der Waals surface area contributed by atoms with Crippen LogP contribution in [0.3, 0.4) is 0 Å². The van der Waals surface area contributed by atoms with E-state index in [-0.39, 0.29) is 21.0 Å². The van der Waals surface area contributed by atoms with Gasteiger partial charge in [-0.2, -0.15) is 18.3 Å². The molecule has 0 saturated heterocycles. The minimum absolute atomic E-state index is 0.140. The molecule has 2 aromatic carbocycles. The number of hydrogen-bond donors (Lipinski definition) is 2. The summed E-state index contributed by atoms with van der Waals surface area (Å²) in [5, 5.41) is 19.2. The minimum atomic E-state index is -4.16. The van der Waals surface area contributed by atoms with Crippen LogP contribution in [-0.2, 0) is 17.1 Å². The molecular formula is C32H45ClN4O5S2. The highest BCUT2D eigenvalue weighted by atomic mass is 35.5. The number of benzene rings is 2. The van der Waals surface area contributed by atoms with Gasteiger partial charge in [0.2, 0.25) is 4.80 Å². The second-order valence-corrected chi connectivity index (χ2v) is 13.9. The third-order valence-corrected chi connectivity index (χ3v) is 9.89. The fraction of sp³-hybridized carbons (Fsp3) is 0.531. The summed E-state index contributed by atoms with van der Waals surface area (Å²) in [7, 11) is -2.52. The molecule has 0 bridgehead atoms. The first-order valence-electron chi connectivity index (χ1n) is 15.6. The summed E-state index contributed by atoms with van der Waals surface area (Å²) in [5.74, 6) is -1.13. The van der Waals surface area contributed by atoms with Gasteiger partial charge in [-0.15, -0.1) is 5.10 Å². The van der Waals surface area contributed by atoms with E-state index in [4.69, 9.17) is 16.3 Å². The Morgan fingerprint density at radius 3 is 2.14 bits per heavy atom. The Kier molecular flexibility index (Phi) is 15.2. The Balaban J connectivity index is 1.44. The third-order valence-electron chi connectivity index (χ3n) is 7.32. The second-order valence-electron chi connectivity index (χ2n) is 10.9. The number of carbonyl (C=O) groups is 1. The van der Waals surface area contributed by atoms with Gasteiger partial charge in [0.25, 0.3) is 10.0 Å². The van der Waals surface area contributed by atoms with E-state index >= 15 is 0 Å². The number of carboxylic acid groups (broad SMARTS) is 1. The quantitative estimate of drug-likeness (QED) is 0.0875. The maximum absolute atomic E-state index is 13.0. The van der Waals surface area contributed by atoms with E-state index in [1.165, 1.54) is 87.4 Å². The summed E-state index contributed by atoms with van der Waals surface area (Å²) in [6.07, 6.45) is 17.5. The lowest BCUT2D eigenvalue weighted by molar-refractivity contribution is 0.0691. The summed E-state index contributed by atoms with van der Waals surface area (Å²) in [6.45, 7) is 2.62. The van der Waals surface area contributed by atoms with Crippen molar-refractivity contribution in [3.05, 3.63) is 57.9 Å². The first-order valence-corrected chi connectivity index (χ1v) is 18.3. The molecule has 2 N–H and O–H groups in total. The van der Waals surface area contributed by atoms with Crippen LogP contribution in [0.1, 0.15) is 107 Å². The SMILES string of the molecule is CCCCCCCCCCCCCCCCOc1ccc(S(=O)(=O)N/N=c2/sc(-c3ccccc3Cl)nn2C)cc1C(=O)O. The monoisotopic (exact) mass is 664 g/mol. The molecule has 1 aromatic heterocycles. The second kappa shape index (κ2) is 18.8. The number of hydrogen-bond acceptors (Lipinski definition) is 7. The average Bonchev–Trinajstić information content (AvgIpc) is 3.38. The molecule has 242 valence electrons. The van der Waals surface area contributed by atoms with Crippen molar-refractivity contribution in [2.45, 2.75) is 102 Å². The van der Waals surface area contributed by atoms with Crippen LogP contribution in [0.2, 0.25) is 5.02 Å². The molecule has 3 rings (SSSR count). The number of unbranched alkanes of at least 4 members (excludes halogenated alkanes) is 13. The fourth-order valence-electron chi connectivity index (χ4n) is 4.79. The Hall–Kier alpha value is -2.89. The van der Waals surface area contributed by atoms with E-state index in [1.54, 1.807) is 19.2 Å². The van der Waals surface area contributed by atoms with Crippen LogP contribution in [-0.4, -0.2) is 35.9 Å². The maximum atomic E-state index is 13.0. The van der Waals surface area contributed by atoms with Crippen LogP contribution in [0.15, 0.2) is 52.5 Å². The molecule has 0 radical (unpaired) electrons.